The van der Waals surface area contributed by atoms with E-state index in [9.17, 15) is 0 Å². The number of nitrogens with zero attached hydrogens (tertiary/aromatic N) is 1. The molecule has 1 unspecified atom stereocenters. The minimum Gasteiger partial charge on any atom is -0.371 e. The van der Waals surface area contributed by atoms with Crippen LogP contribution < -0.4 is 10.2 Å². The number of benzene rings is 1. The van der Waals surface area contributed by atoms with Crippen molar-refractivity contribution in [3.63, 3.8) is 0 Å². The molecule has 1 aliphatic heterocycles. The van der Waals surface area contributed by atoms with Crippen molar-refractivity contribution >= 4 is 5.69 Å². The van der Waals surface area contributed by atoms with Crippen LogP contribution in [0.15, 0.2) is 18.2 Å². The zero-order valence-corrected chi connectivity index (χ0v) is 13.6. The molecule has 0 aromatic heterocycles. The van der Waals surface area contributed by atoms with E-state index in [4.69, 9.17) is 0 Å². The Morgan fingerprint density at radius 2 is 2.10 bits per heavy atom. The molecule has 1 aromatic carbocycles. The van der Waals surface area contributed by atoms with Crippen LogP contribution in [0, 0.1) is 12.3 Å². The summed E-state index contributed by atoms with van der Waals surface area (Å²) in [6, 6.07) is 6.95. The van der Waals surface area contributed by atoms with Gasteiger partial charge < -0.3 is 10.2 Å². The molecule has 1 heterocycles. The van der Waals surface area contributed by atoms with Crippen molar-refractivity contribution in [2.75, 3.05) is 31.1 Å². The number of anilines is 1. The fourth-order valence-electron chi connectivity index (χ4n) is 3.15. The van der Waals surface area contributed by atoms with E-state index in [0.717, 1.165) is 19.6 Å². The van der Waals surface area contributed by atoms with Gasteiger partial charge in [0.15, 0.2) is 0 Å². The summed E-state index contributed by atoms with van der Waals surface area (Å²) in [4.78, 5) is 2.61. The van der Waals surface area contributed by atoms with Crippen LogP contribution in [0.25, 0.3) is 0 Å². The molecule has 0 saturated heterocycles. The molecule has 112 valence electrons. The van der Waals surface area contributed by atoms with E-state index in [-0.39, 0.29) is 0 Å². The smallest absolute Gasteiger partial charge is 0.0399 e. The maximum absolute atomic E-state index is 3.54. The Morgan fingerprint density at radius 3 is 2.80 bits per heavy atom. The van der Waals surface area contributed by atoms with Crippen molar-refractivity contribution in [3.05, 3.63) is 29.3 Å². The Morgan fingerprint density at radius 1 is 1.30 bits per heavy atom. The molecule has 0 fully saturated rings. The quantitative estimate of drug-likeness (QED) is 0.849. The molecule has 0 aliphatic carbocycles. The Hall–Kier alpha value is -1.02. The van der Waals surface area contributed by atoms with Crippen LogP contribution in [0.3, 0.4) is 0 Å². The van der Waals surface area contributed by atoms with Gasteiger partial charge in [-0.1, -0.05) is 38.5 Å². The van der Waals surface area contributed by atoms with Gasteiger partial charge in [0.25, 0.3) is 0 Å². The molecule has 2 nitrogen and oxygen atoms in total. The Balaban J connectivity index is 2.14. The summed E-state index contributed by atoms with van der Waals surface area (Å²) >= 11 is 0. The highest BCUT2D eigenvalue weighted by molar-refractivity contribution is 5.56. The third-order valence-electron chi connectivity index (χ3n) is 4.68. The number of rotatable bonds is 6. The maximum Gasteiger partial charge on any atom is 0.0399 e. The number of hydrogen-bond donors (Lipinski definition) is 1. The first kappa shape index (κ1) is 15.4. The van der Waals surface area contributed by atoms with Crippen LogP contribution in [-0.4, -0.2) is 26.2 Å². The van der Waals surface area contributed by atoms with Crippen molar-refractivity contribution in [1.82, 2.24) is 5.32 Å². The average Bonchev–Trinajstić information content (AvgIpc) is 2.45. The largest absolute Gasteiger partial charge is 0.371 e. The van der Waals surface area contributed by atoms with E-state index in [1.54, 1.807) is 0 Å². The second kappa shape index (κ2) is 6.62. The minimum absolute atomic E-state index is 0.357. The third-order valence-corrected chi connectivity index (χ3v) is 4.68. The molecule has 1 aliphatic rings. The van der Waals surface area contributed by atoms with E-state index in [1.165, 1.54) is 42.6 Å². The summed E-state index contributed by atoms with van der Waals surface area (Å²) in [7, 11) is 0. The fourth-order valence-corrected chi connectivity index (χ4v) is 3.15. The van der Waals surface area contributed by atoms with Gasteiger partial charge in [0.2, 0.25) is 0 Å². The zero-order chi connectivity index (χ0) is 14.6. The normalized spacial score (nSPS) is 17.7. The lowest BCUT2D eigenvalue weighted by atomic mass is 9.85. The molecule has 1 atom stereocenters. The molecule has 0 amide bonds. The second-order valence-electron chi connectivity index (χ2n) is 6.60. The van der Waals surface area contributed by atoms with E-state index in [0.29, 0.717) is 5.41 Å². The molecule has 1 aromatic rings. The summed E-state index contributed by atoms with van der Waals surface area (Å²) in [5.74, 6) is 0. The molecule has 0 saturated carbocycles. The van der Waals surface area contributed by atoms with E-state index < -0.39 is 0 Å². The Kier molecular flexibility index (Phi) is 5.09. The molecule has 20 heavy (non-hydrogen) atoms. The monoisotopic (exact) mass is 274 g/mol. The first-order valence-corrected chi connectivity index (χ1v) is 8.13. The summed E-state index contributed by atoms with van der Waals surface area (Å²) in [5.41, 5.74) is 4.75. The van der Waals surface area contributed by atoms with E-state index >= 15 is 0 Å². The second-order valence-corrected chi connectivity index (χ2v) is 6.60. The standard InChI is InChI=1S/C18H30N2/c1-5-18(4,13-19-6-2)14-20-11-7-8-16-12-15(3)9-10-17(16)20/h9-10,12,19H,5-8,11,13-14H2,1-4H3. The number of nitrogens with one attached hydrogen (secondary N) is 1. The van der Waals surface area contributed by atoms with Gasteiger partial charge in [-0.2, -0.15) is 0 Å². The minimum atomic E-state index is 0.357. The van der Waals surface area contributed by atoms with Crippen molar-refractivity contribution in [1.29, 1.82) is 0 Å². The van der Waals surface area contributed by atoms with Crippen LogP contribution in [0.2, 0.25) is 0 Å². The van der Waals surface area contributed by atoms with Gasteiger partial charge in [0.1, 0.15) is 0 Å². The van der Waals surface area contributed by atoms with Crippen molar-refractivity contribution in [2.45, 2.75) is 47.0 Å². The van der Waals surface area contributed by atoms with Gasteiger partial charge in [0, 0.05) is 25.3 Å². The highest BCUT2D eigenvalue weighted by Crippen LogP contribution is 2.32. The molecular weight excluding hydrogens is 244 g/mol. The van der Waals surface area contributed by atoms with Gasteiger partial charge in [-0.05, 0) is 49.8 Å². The van der Waals surface area contributed by atoms with Crippen molar-refractivity contribution in [2.24, 2.45) is 5.41 Å². The average molecular weight is 274 g/mol. The lowest BCUT2D eigenvalue weighted by Crippen LogP contribution is -2.44. The van der Waals surface area contributed by atoms with Crippen LogP contribution >= 0.6 is 0 Å². The van der Waals surface area contributed by atoms with Crippen LogP contribution in [-0.2, 0) is 6.42 Å². The molecule has 2 rings (SSSR count). The Labute approximate surface area is 124 Å². The SMILES string of the molecule is CCNCC(C)(CC)CN1CCCc2cc(C)ccc21. The first-order chi connectivity index (χ1) is 9.58. The summed E-state index contributed by atoms with van der Waals surface area (Å²) < 4.78 is 0. The van der Waals surface area contributed by atoms with E-state index in [1.807, 2.05) is 0 Å². The van der Waals surface area contributed by atoms with Crippen molar-refractivity contribution < 1.29 is 0 Å². The van der Waals surface area contributed by atoms with E-state index in [2.05, 4.69) is 56.1 Å². The number of fused-ring (bicyclic) bond motifs is 1. The number of hydrogen-bond acceptors (Lipinski definition) is 2. The predicted molar refractivity (Wildman–Crippen MR) is 88.7 cm³/mol. The molecule has 1 N–H and O–H groups in total. The lowest BCUT2D eigenvalue weighted by molar-refractivity contribution is 0.296. The Bertz CT molecular complexity index is 441. The summed E-state index contributed by atoms with van der Waals surface area (Å²) in [6.45, 7) is 13.7. The molecule has 0 radical (unpaired) electrons. The third kappa shape index (κ3) is 3.54. The fraction of sp³-hybridized carbons (Fsp3) is 0.667. The van der Waals surface area contributed by atoms with Crippen molar-refractivity contribution in [3.8, 4) is 0 Å². The molecule has 2 heteroatoms. The van der Waals surface area contributed by atoms with Crippen LogP contribution in [0.5, 0.6) is 0 Å². The van der Waals surface area contributed by atoms with Crippen LogP contribution in [0.1, 0.15) is 44.7 Å². The summed E-state index contributed by atoms with van der Waals surface area (Å²) in [6.07, 6.45) is 3.75. The van der Waals surface area contributed by atoms with Gasteiger partial charge in [0.05, 0.1) is 0 Å². The molecule has 0 bridgehead atoms. The molecule has 0 spiro atoms. The topological polar surface area (TPSA) is 15.3 Å². The molecular formula is C18H30N2. The maximum atomic E-state index is 3.54. The number of aryl methyl sites for hydroxylation is 2. The predicted octanol–water partition coefficient (Wildman–Crippen LogP) is 3.77. The van der Waals surface area contributed by atoms with Gasteiger partial charge in [-0.15, -0.1) is 0 Å². The van der Waals surface area contributed by atoms with Gasteiger partial charge >= 0.3 is 0 Å². The zero-order valence-electron chi connectivity index (χ0n) is 13.6. The summed E-state index contributed by atoms with van der Waals surface area (Å²) in [5, 5.41) is 3.54. The van der Waals surface area contributed by atoms with Gasteiger partial charge in [-0.3, -0.25) is 0 Å². The highest BCUT2D eigenvalue weighted by Gasteiger charge is 2.27. The lowest BCUT2D eigenvalue weighted by Gasteiger charge is -2.39. The van der Waals surface area contributed by atoms with Gasteiger partial charge in [-0.25, -0.2) is 0 Å². The van der Waals surface area contributed by atoms with Crippen LogP contribution in [0.4, 0.5) is 5.69 Å². The highest BCUT2D eigenvalue weighted by atomic mass is 15.1. The first-order valence-electron chi connectivity index (χ1n) is 8.13.